The first-order valence-electron chi connectivity index (χ1n) is 21.3. The van der Waals surface area contributed by atoms with Gasteiger partial charge in [-0.05, 0) is 0 Å². The van der Waals surface area contributed by atoms with Crippen LogP contribution in [0.25, 0.3) is 11.1 Å². The molecule has 0 nitrogen and oxygen atoms in total. The molecule has 1 unspecified atom stereocenters. The fraction of sp³-hybridized carbons (Fsp3) is 0.431. The van der Waals surface area contributed by atoms with Gasteiger partial charge in [0.25, 0.3) is 0 Å². The Kier molecular flexibility index (Phi) is 12.3. The maximum atomic E-state index is 2.58. The molecule has 4 aromatic carbocycles. The van der Waals surface area contributed by atoms with Crippen molar-refractivity contribution < 1.29 is 21.0 Å². The van der Waals surface area contributed by atoms with E-state index in [4.69, 9.17) is 0 Å². The zero-order valence-electron chi connectivity index (χ0n) is 35.8. The second-order valence-electron chi connectivity index (χ2n) is 18.5. The van der Waals surface area contributed by atoms with Crippen LogP contribution in [-0.4, -0.2) is 19.4 Å². The van der Waals surface area contributed by atoms with Gasteiger partial charge in [0, 0.05) is 0 Å². The summed E-state index contributed by atoms with van der Waals surface area (Å²) >= 11 is -3.11. The first-order valence-corrected chi connectivity index (χ1v) is 32.2. The molecule has 284 valence electrons. The Morgan fingerprint density at radius 2 is 1.13 bits per heavy atom. The van der Waals surface area contributed by atoms with Gasteiger partial charge in [-0.2, -0.15) is 0 Å². The van der Waals surface area contributed by atoms with E-state index < -0.39 is 37.1 Å². The van der Waals surface area contributed by atoms with E-state index in [0.717, 1.165) is 6.42 Å². The van der Waals surface area contributed by atoms with Crippen molar-refractivity contribution in [3.63, 3.8) is 0 Å². The molecule has 54 heavy (non-hydrogen) atoms. The molecule has 1 atom stereocenters. The van der Waals surface area contributed by atoms with Crippen molar-refractivity contribution >= 4 is 29.8 Å². The summed E-state index contributed by atoms with van der Waals surface area (Å²) < 4.78 is 3.87. The van der Waals surface area contributed by atoms with Crippen LogP contribution < -0.4 is 10.4 Å². The van der Waals surface area contributed by atoms with E-state index in [0.29, 0.717) is 3.67 Å². The van der Waals surface area contributed by atoms with Crippen molar-refractivity contribution in [1.82, 2.24) is 0 Å². The van der Waals surface area contributed by atoms with Crippen molar-refractivity contribution in [1.29, 1.82) is 0 Å². The summed E-state index contributed by atoms with van der Waals surface area (Å²) in [4.78, 5) is 0. The molecule has 3 heteroatoms. The summed E-state index contributed by atoms with van der Waals surface area (Å²) in [7, 11) is -3.01. The Morgan fingerprint density at radius 1 is 0.611 bits per heavy atom. The summed E-state index contributed by atoms with van der Waals surface area (Å²) in [6.07, 6.45) is 8.45. The first-order chi connectivity index (χ1) is 25.7. The summed E-state index contributed by atoms with van der Waals surface area (Å²) in [6.45, 7) is 29.0. The fourth-order valence-corrected chi connectivity index (χ4v) is 30.6. The summed E-state index contributed by atoms with van der Waals surface area (Å²) in [6, 6.07) is 43.4. The van der Waals surface area contributed by atoms with Gasteiger partial charge in [0.2, 0.25) is 0 Å². The Morgan fingerprint density at radius 3 is 1.56 bits per heavy atom. The van der Waals surface area contributed by atoms with Crippen LogP contribution in [0.2, 0.25) is 36.3 Å². The topological polar surface area (TPSA) is 0 Å². The second kappa shape index (κ2) is 16.2. The molecular weight excluding hydrogens is 847 g/mol. The van der Waals surface area contributed by atoms with Crippen LogP contribution in [0, 0.1) is 0 Å². The molecule has 0 bridgehead atoms. The standard InChI is InChI=1S/C25H38Si2.C21H25.C5H5.Hf/c1-7-26(8-2,9-3)24-17-13-22(14-18-24)21-23-15-19-25(20-16-23)27(10-4,11-5)12-6;1-20(2,3)15-11-10-14-12-18-16(17(14)13-15)8-7-9-19(18)21(4,5)6;1-2-4-5-3-1;/h13-20H,7-12H2,1-6H3;7-13H,1-6H3;1-3H,4H2;. The molecule has 0 aromatic heterocycles. The fourth-order valence-electron chi connectivity index (χ4n) is 10.0. The third-order valence-corrected chi connectivity index (χ3v) is 37.3. The van der Waals surface area contributed by atoms with Crippen LogP contribution in [0.3, 0.4) is 0 Å². The second-order valence-corrected chi connectivity index (χ2v) is 38.1. The van der Waals surface area contributed by atoms with Crippen LogP contribution in [0.4, 0.5) is 0 Å². The molecule has 0 N–H and O–H groups in total. The van der Waals surface area contributed by atoms with Crippen molar-refractivity contribution in [3.8, 4) is 11.1 Å². The molecule has 0 saturated heterocycles. The van der Waals surface area contributed by atoms with E-state index in [1.165, 1.54) is 69.6 Å². The van der Waals surface area contributed by atoms with E-state index in [1.807, 2.05) is 0 Å². The van der Waals surface area contributed by atoms with E-state index in [9.17, 15) is 0 Å². The molecule has 0 aliphatic heterocycles. The van der Waals surface area contributed by atoms with Crippen molar-refractivity contribution in [3.05, 3.63) is 140 Å². The van der Waals surface area contributed by atoms with Gasteiger partial charge in [-0.25, -0.2) is 0 Å². The average Bonchev–Trinajstić information content (AvgIpc) is 3.82. The molecule has 0 heterocycles. The Labute approximate surface area is 339 Å². The van der Waals surface area contributed by atoms with Crippen LogP contribution in [0.1, 0.15) is 127 Å². The van der Waals surface area contributed by atoms with E-state index >= 15 is 0 Å². The predicted octanol–water partition coefficient (Wildman–Crippen LogP) is 13.5. The SMILES string of the molecule is CC[Si](CC)(CC)c1ccc([C](c2ccc([Si](CC)(CC)CC)cc2)=[Hf]([C]2=CC=CC2)[CH]2c3ccc(C(C)(C)C)cc3-c3cccc(C(C)(C)C)c32)cc1. The molecule has 0 radical (unpaired) electrons. The third-order valence-electron chi connectivity index (χ3n) is 14.0. The minimum absolute atomic E-state index is 0.0456. The average molecular weight is 916 g/mol. The zero-order chi connectivity index (χ0) is 39.1. The quantitative estimate of drug-likeness (QED) is 0.124. The summed E-state index contributed by atoms with van der Waals surface area (Å²) in [5, 5.41) is 3.29. The van der Waals surface area contributed by atoms with Gasteiger partial charge in [-0.3, -0.25) is 0 Å². The Balaban J connectivity index is 1.73. The van der Waals surface area contributed by atoms with Crippen LogP contribution in [-0.2, 0) is 31.8 Å². The van der Waals surface area contributed by atoms with Crippen molar-refractivity contribution in [2.75, 3.05) is 0 Å². The molecule has 4 aromatic rings. The number of benzene rings is 4. The molecular formula is C51H68HfSi2. The molecule has 2 aliphatic carbocycles. The van der Waals surface area contributed by atoms with Gasteiger partial charge in [0.1, 0.15) is 0 Å². The number of hydrogen-bond donors (Lipinski definition) is 0. The Bertz CT molecular complexity index is 1970. The van der Waals surface area contributed by atoms with E-state index in [-0.39, 0.29) is 10.8 Å². The van der Waals surface area contributed by atoms with Gasteiger partial charge in [-0.15, -0.1) is 0 Å². The molecule has 0 saturated carbocycles. The van der Waals surface area contributed by atoms with Gasteiger partial charge >= 0.3 is 342 Å². The number of fused-ring (bicyclic) bond motifs is 3. The Hall–Kier alpha value is -2.47. The molecule has 2 aliphatic rings. The van der Waals surface area contributed by atoms with Crippen molar-refractivity contribution in [2.24, 2.45) is 0 Å². The van der Waals surface area contributed by atoms with Gasteiger partial charge in [0.15, 0.2) is 0 Å². The number of rotatable bonds is 12. The molecule has 0 spiro atoms. The number of hydrogen-bond acceptors (Lipinski definition) is 0. The van der Waals surface area contributed by atoms with Crippen molar-refractivity contribution in [2.45, 2.75) is 140 Å². The summed E-state index contributed by atoms with van der Waals surface area (Å²) in [5.74, 6) is 0. The predicted molar refractivity (Wildman–Crippen MR) is 243 cm³/mol. The van der Waals surface area contributed by atoms with E-state index in [1.54, 1.807) is 28.1 Å². The van der Waals surface area contributed by atoms with E-state index in [2.05, 4.69) is 186 Å². The molecule has 6 rings (SSSR count). The monoisotopic (exact) mass is 916 g/mol. The maximum absolute atomic E-state index is 3.11. The van der Waals surface area contributed by atoms with Crippen LogP contribution >= 0.6 is 0 Å². The normalized spacial score (nSPS) is 15.6. The summed E-state index contributed by atoms with van der Waals surface area (Å²) in [5.41, 5.74) is 12.3. The van der Waals surface area contributed by atoms with Crippen LogP contribution in [0.15, 0.2) is 106 Å². The van der Waals surface area contributed by atoms with Gasteiger partial charge < -0.3 is 0 Å². The number of allylic oxidation sites excluding steroid dienone is 4. The van der Waals surface area contributed by atoms with Crippen LogP contribution in [0.5, 0.6) is 0 Å². The van der Waals surface area contributed by atoms with Gasteiger partial charge in [-0.1, -0.05) is 0 Å². The minimum atomic E-state index is -3.11. The molecule has 0 fully saturated rings. The molecule has 0 amide bonds. The first kappa shape index (κ1) is 41.2. The third kappa shape index (κ3) is 7.40. The zero-order valence-corrected chi connectivity index (χ0v) is 41.4. The van der Waals surface area contributed by atoms with Gasteiger partial charge in [0.05, 0.1) is 0 Å².